The Morgan fingerprint density at radius 2 is 2.17 bits per heavy atom. The molecule has 0 aliphatic rings. The largest absolute Gasteiger partial charge is 0.392 e. The molecule has 0 heterocycles. The lowest BCUT2D eigenvalue weighted by Gasteiger charge is -2.19. The Morgan fingerprint density at radius 1 is 1.50 bits per heavy atom. The molecule has 0 bridgehead atoms. The Morgan fingerprint density at radius 3 is 2.61 bits per heavy atom. The van der Waals surface area contributed by atoms with Gasteiger partial charge in [-0.25, -0.2) is 12.8 Å². The Hall–Kier alpha value is -1.24. The van der Waals surface area contributed by atoms with Crippen LogP contribution in [0.25, 0.3) is 0 Å². The van der Waals surface area contributed by atoms with E-state index in [-0.39, 0.29) is 24.6 Å². The first-order valence-electron chi connectivity index (χ1n) is 5.47. The minimum Gasteiger partial charge on any atom is -0.392 e. The van der Waals surface area contributed by atoms with Gasteiger partial charge in [-0.05, 0) is 17.7 Å². The summed E-state index contributed by atoms with van der Waals surface area (Å²) < 4.78 is 39.1. The van der Waals surface area contributed by atoms with Crippen molar-refractivity contribution in [2.75, 3.05) is 13.1 Å². The van der Waals surface area contributed by atoms with Crippen LogP contribution in [0.2, 0.25) is 0 Å². The lowest BCUT2D eigenvalue weighted by atomic mass is 10.2. The highest BCUT2D eigenvalue weighted by molar-refractivity contribution is 7.89. The summed E-state index contributed by atoms with van der Waals surface area (Å²) in [5.74, 6) is -0.857. The summed E-state index contributed by atoms with van der Waals surface area (Å²) in [4.78, 5) is -0.386. The number of hydrogen-bond acceptors (Lipinski definition) is 3. The number of halogens is 1. The molecule has 6 heteroatoms. The minimum atomic E-state index is -3.86. The van der Waals surface area contributed by atoms with Crippen molar-refractivity contribution in [3.63, 3.8) is 0 Å². The van der Waals surface area contributed by atoms with Gasteiger partial charge in [-0.3, -0.25) is 0 Å². The summed E-state index contributed by atoms with van der Waals surface area (Å²) >= 11 is 0. The summed E-state index contributed by atoms with van der Waals surface area (Å²) in [6, 6.07) is 3.58. The third-order valence-electron chi connectivity index (χ3n) is 2.48. The SMILES string of the molecule is C=CCN(CC)S(=O)(=O)c1ccc(CO)cc1F. The lowest BCUT2D eigenvalue weighted by molar-refractivity contribution is 0.281. The van der Waals surface area contributed by atoms with Gasteiger partial charge in [0, 0.05) is 13.1 Å². The van der Waals surface area contributed by atoms with Gasteiger partial charge < -0.3 is 5.11 Å². The normalized spacial score (nSPS) is 11.8. The highest BCUT2D eigenvalue weighted by atomic mass is 32.2. The second-order valence-electron chi connectivity index (χ2n) is 3.67. The van der Waals surface area contributed by atoms with Crippen LogP contribution in [-0.4, -0.2) is 30.9 Å². The van der Waals surface area contributed by atoms with Crippen LogP contribution in [-0.2, 0) is 16.6 Å². The van der Waals surface area contributed by atoms with E-state index in [4.69, 9.17) is 5.11 Å². The summed E-state index contributed by atoms with van der Waals surface area (Å²) in [5, 5.41) is 8.86. The van der Waals surface area contributed by atoms with Gasteiger partial charge in [0.15, 0.2) is 0 Å². The number of hydrogen-bond donors (Lipinski definition) is 1. The van der Waals surface area contributed by atoms with Crippen molar-refractivity contribution in [1.82, 2.24) is 4.31 Å². The molecule has 1 aromatic carbocycles. The quantitative estimate of drug-likeness (QED) is 0.799. The molecule has 0 fully saturated rings. The molecule has 4 nitrogen and oxygen atoms in total. The maximum absolute atomic E-state index is 13.7. The fraction of sp³-hybridized carbons (Fsp3) is 0.333. The number of aliphatic hydroxyl groups is 1. The van der Waals surface area contributed by atoms with Crippen molar-refractivity contribution in [1.29, 1.82) is 0 Å². The zero-order valence-electron chi connectivity index (χ0n) is 10.1. The molecular formula is C12H16FNO3S. The molecular weight excluding hydrogens is 257 g/mol. The van der Waals surface area contributed by atoms with E-state index < -0.39 is 15.8 Å². The molecule has 0 saturated carbocycles. The van der Waals surface area contributed by atoms with Crippen LogP contribution in [0.15, 0.2) is 35.7 Å². The van der Waals surface area contributed by atoms with E-state index >= 15 is 0 Å². The molecule has 1 N–H and O–H groups in total. The monoisotopic (exact) mass is 273 g/mol. The maximum Gasteiger partial charge on any atom is 0.246 e. The van der Waals surface area contributed by atoms with Gasteiger partial charge in [-0.2, -0.15) is 4.31 Å². The van der Waals surface area contributed by atoms with E-state index in [0.717, 1.165) is 10.4 Å². The molecule has 18 heavy (non-hydrogen) atoms. The molecule has 0 saturated heterocycles. The van der Waals surface area contributed by atoms with Crippen molar-refractivity contribution in [3.05, 3.63) is 42.2 Å². The molecule has 0 aromatic heterocycles. The van der Waals surface area contributed by atoms with Crippen LogP contribution < -0.4 is 0 Å². The molecule has 0 unspecified atom stereocenters. The lowest BCUT2D eigenvalue weighted by Crippen LogP contribution is -2.31. The fourth-order valence-corrected chi connectivity index (χ4v) is 3.00. The van der Waals surface area contributed by atoms with Crippen LogP contribution in [0.3, 0.4) is 0 Å². The summed E-state index contributed by atoms with van der Waals surface area (Å²) in [6.07, 6.45) is 1.45. The Labute approximate surface area is 106 Å². The molecule has 0 aliphatic carbocycles. The Balaban J connectivity index is 3.23. The summed E-state index contributed by atoms with van der Waals surface area (Å²) in [6.45, 7) is 5.16. The molecule has 100 valence electrons. The van der Waals surface area contributed by atoms with E-state index in [9.17, 15) is 12.8 Å². The molecule has 0 spiro atoms. The van der Waals surface area contributed by atoms with E-state index in [2.05, 4.69) is 6.58 Å². The van der Waals surface area contributed by atoms with Crippen molar-refractivity contribution >= 4 is 10.0 Å². The number of benzene rings is 1. The van der Waals surface area contributed by atoms with Gasteiger partial charge in [0.25, 0.3) is 0 Å². The second-order valence-corrected chi connectivity index (χ2v) is 5.57. The van der Waals surface area contributed by atoms with E-state index in [0.29, 0.717) is 5.56 Å². The number of likely N-dealkylation sites (N-methyl/N-ethyl adjacent to an activating group) is 1. The molecule has 0 aliphatic heterocycles. The summed E-state index contributed by atoms with van der Waals surface area (Å²) in [7, 11) is -3.86. The van der Waals surface area contributed by atoms with Gasteiger partial charge in [0.2, 0.25) is 10.0 Å². The van der Waals surface area contributed by atoms with Gasteiger partial charge in [-0.15, -0.1) is 6.58 Å². The topological polar surface area (TPSA) is 57.6 Å². The van der Waals surface area contributed by atoms with Crippen molar-refractivity contribution in [3.8, 4) is 0 Å². The molecule has 0 amide bonds. The van der Waals surface area contributed by atoms with Crippen LogP contribution in [0.4, 0.5) is 4.39 Å². The second kappa shape index (κ2) is 6.08. The number of aliphatic hydroxyl groups excluding tert-OH is 1. The Kier molecular flexibility index (Phi) is 5.01. The van der Waals surface area contributed by atoms with Gasteiger partial charge in [0.1, 0.15) is 10.7 Å². The van der Waals surface area contributed by atoms with Crippen molar-refractivity contribution < 1.29 is 17.9 Å². The molecule has 0 atom stereocenters. The first-order chi connectivity index (χ1) is 8.47. The predicted octanol–water partition coefficient (Wildman–Crippen LogP) is 1.51. The highest BCUT2D eigenvalue weighted by Gasteiger charge is 2.25. The molecule has 1 aromatic rings. The van der Waals surface area contributed by atoms with E-state index in [1.165, 1.54) is 18.2 Å². The Bertz CT molecular complexity index is 528. The van der Waals surface area contributed by atoms with Crippen LogP contribution in [0.1, 0.15) is 12.5 Å². The molecule has 1 rings (SSSR count). The summed E-state index contributed by atoms with van der Waals surface area (Å²) in [5.41, 5.74) is 0.332. The van der Waals surface area contributed by atoms with E-state index in [1.807, 2.05) is 0 Å². The zero-order valence-corrected chi connectivity index (χ0v) is 11.0. The number of sulfonamides is 1. The van der Waals surface area contributed by atoms with Crippen LogP contribution in [0.5, 0.6) is 0 Å². The first kappa shape index (κ1) is 14.8. The third-order valence-corrected chi connectivity index (χ3v) is 4.46. The minimum absolute atomic E-state index is 0.125. The van der Waals surface area contributed by atoms with Gasteiger partial charge in [-0.1, -0.05) is 19.1 Å². The standard InChI is InChI=1S/C12H16FNO3S/c1-3-7-14(4-2)18(16,17)12-6-5-10(9-15)8-11(12)13/h3,5-6,8,15H,1,4,7,9H2,2H3. The molecule has 0 radical (unpaired) electrons. The van der Waals surface area contributed by atoms with Crippen molar-refractivity contribution in [2.45, 2.75) is 18.4 Å². The first-order valence-corrected chi connectivity index (χ1v) is 6.91. The smallest absolute Gasteiger partial charge is 0.246 e. The van der Waals surface area contributed by atoms with Crippen molar-refractivity contribution in [2.24, 2.45) is 0 Å². The average Bonchev–Trinajstić information content (AvgIpc) is 2.35. The zero-order chi connectivity index (χ0) is 13.8. The maximum atomic E-state index is 13.7. The average molecular weight is 273 g/mol. The van der Waals surface area contributed by atoms with Crippen LogP contribution in [0, 0.1) is 5.82 Å². The van der Waals surface area contributed by atoms with Gasteiger partial charge >= 0.3 is 0 Å². The number of rotatable bonds is 6. The number of nitrogens with zero attached hydrogens (tertiary/aromatic N) is 1. The third kappa shape index (κ3) is 2.95. The fourth-order valence-electron chi connectivity index (χ4n) is 1.53. The van der Waals surface area contributed by atoms with Crippen LogP contribution >= 0.6 is 0 Å². The van der Waals surface area contributed by atoms with Gasteiger partial charge in [0.05, 0.1) is 6.61 Å². The predicted molar refractivity (Wildman–Crippen MR) is 67.0 cm³/mol. The highest BCUT2D eigenvalue weighted by Crippen LogP contribution is 2.20. The van der Waals surface area contributed by atoms with E-state index in [1.54, 1.807) is 6.92 Å².